The Morgan fingerprint density at radius 2 is 1.08 bits per heavy atom. The summed E-state index contributed by atoms with van der Waals surface area (Å²) in [6.45, 7) is 0. The van der Waals surface area contributed by atoms with Crippen LogP contribution in [0.1, 0.15) is 17.2 Å². The van der Waals surface area contributed by atoms with E-state index in [2.05, 4.69) is 15.0 Å². The zero-order chi connectivity index (χ0) is 18.3. The lowest BCUT2D eigenvalue weighted by molar-refractivity contribution is -0.137. The number of hydrogen-bond donors (Lipinski definition) is 0. The highest BCUT2D eigenvalue weighted by atomic mass is 35.6. The summed E-state index contributed by atoms with van der Waals surface area (Å²) in [6, 6.07) is 3.98. The summed E-state index contributed by atoms with van der Waals surface area (Å²) >= 11 is 34.4. The van der Waals surface area contributed by atoms with E-state index in [0.29, 0.717) is 0 Å². The average Bonchev–Trinajstić information content (AvgIpc) is 2.44. The first-order valence-corrected chi connectivity index (χ1v) is 8.13. The molecule has 0 bridgehead atoms. The van der Waals surface area contributed by atoms with E-state index in [4.69, 9.17) is 69.6 Å². The van der Waals surface area contributed by atoms with Crippen molar-refractivity contribution in [1.29, 1.82) is 0 Å². The highest BCUT2D eigenvalue weighted by Crippen LogP contribution is 2.41. The Hall–Kier alpha value is -0.240. The van der Waals surface area contributed by atoms with Crippen LogP contribution in [0.4, 0.5) is 13.2 Å². The first-order chi connectivity index (χ1) is 10.8. The summed E-state index contributed by atoms with van der Waals surface area (Å²) in [5.41, 5.74) is -0.653. The molecule has 0 saturated carbocycles. The number of halogens is 9. The lowest BCUT2D eigenvalue weighted by atomic mass is 10.1. The minimum absolute atomic E-state index is 0.110. The van der Waals surface area contributed by atoms with Crippen molar-refractivity contribution in [2.24, 2.45) is 0 Å². The maximum atomic E-state index is 12.6. The molecule has 0 N–H and O–H groups in total. The second kappa shape index (κ2) is 6.82. The molecule has 0 saturated heterocycles. The summed E-state index contributed by atoms with van der Waals surface area (Å²) in [5.74, 6) is -0.779. The SMILES string of the molecule is FC(F)(F)c1ccc(-c2nc(C(Cl)(Cl)Cl)nc(C(Cl)(Cl)Cl)n2)cc1. The smallest absolute Gasteiger partial charge is 0.209 e. The third-order valence-electron chi connectivity index (χ3n) is 2.61. The highest BCUT2D eigenvalue weighted by Gasteiger charge is 2.34. The molecular formula is C12H4Cl6F3N3. The lowest BCUT2D eigenvalue weighted by Crippen LogP contribution is -2.16. The van der Waals surface area contributed by atoms with Gasteiger partial charge in [-0.3, -0.25) is 0 Å². The van der Waals surface area contributed by atoms with Crippen molar-refractivity contribution in [3.63, 3.8) is 0 Å². The van der Waals surface area contributed by atoms with Crippen LogP contribution in [0.15, 0.2) is 24.3 Å². The topological polar surface area (TPSA) is 38.7 Å². The Morgan fingerprint density at radius 1 is 0.667 bits per heavy atom. The van der Waals surface area contributed by atoms with E-state index < -0.39 is 19.3 Å². The molecule has 1 aromatic heterocycles. The molecule has 0 atom stereocenters. The molecule has 3 nitrogen and oxygen atoms in total. The lowest BCUT2D eigenvalue weighted by Gasteiger charge is -2.15. The minimum Gasteiger partial charge on any atom is -0.209 e. The van der Waals surface area contributed by atoms with Crippen LogP contribution in [0.25, 0.3) is 11.4 Å². The van der Waals surface area contributed by atoms with Gasteiger partial charge in [0.05, 0.1) is 5.56 Å². The number of alkyl halides is 9. The van der Waals surface area contributed by atoms with Crippen LogP contribution in [0.3, 0.4) is 0 Å². The van der Waals surface area contributed by atoms with E-state index in [-0.39, 0.29) is 23.0 Å². The molecule has 1 heterocycles. The standard InChI is InChI=1S/C12H4Cl6F3N3/c13-10(14,15)8-22-7(23-9(24-8)11(16,17)18)5-1-3-6(4-2-5)12(19,20)21/h1-4H. The number of aromatic nitrogens is 3. The average molecular weight is 460 g/mol. The fourth-order valence-electron chi connectivity index (χ4n) is 1.57. The molecule has 0 fully saturated rings. The normalized spacial score (nSPS) is 13.2. The van der Waals surface area contributed by atoms with Crippen LogP contribution in [-0.4, -0.2) is 15.0 Å². The third kappa shape index (κ3) is 4.90. The van der Waals surface area contributed by atoms with Gasteiger partial charge >= 0.3 is 6.18 Å². The van der Waals surface area contributed by atoms with Crippen molar-refractivity contribution in [3.05, 3.63) is 41.5 Å². The first kappa shape index (κ1) is 20.1. The number of rotatable bonds is 1. The van der Waals surface area contributed by atoms with Crippen LogP contribution in [-0.2, 0) is 13.8 Å². The zero-order valence-electron chi connectivity index (χ0n) is 11.1. The molecule has 0 aliphatic heterocycles. The molecule has 1 aromatic carbocycles. The molecule has 2 rings (SSSR count). The van der Waals surface area contributed by atoms with Gasteiger partial charge in [0, 0.05) is 5.56 Å². The van der Waals surface area contributed by atoms with Crippen molar-refractivity contribution in [2.45, 2.75) is 13.8 Å². The fraction of sp³-hybridized carbons (Fsp3) is 0.250. The van der Waals surface area contributed by atoms with Crippen molar-refractivity contribution in [1.82, 2.24) is 15.0 Å². The Bertz CT molecular complexity index is 705. The summed E-state index contributed by atoms with van der Waals surface area (Å²) in [5, 5.41) is 0. The molecule has 0 spiro atoms. The second-order valence-corrected chi connectivity index (χ2v) is 8.94. The fourth-order valence-corrected chi connectivity index (χ4v) is 2.07. The van der Waals surface area contributed by atoms with Gasteiger partial charge in [-0.1, -0.05) is 81.7 Å². The van der Waals surface area contributed by atoms with Gasteiger partial charge in [0.25, 0.3) is 0 Å². The molecule has 0 amide bonds. The number of benzene rings is 1. The molecule has 0 aliphatic carbocycles. The van der Waals surface area contributed by atoms with Crippen molar-refractivity contribution >= 4 is 69.6 Å². The van der Waals surface area contributed by atoms with Gasteiger partial charge in [0.1, 0.15) is 0 Å². The van der Waals surface area contributed by atoms with Gasteiger partial charge < -0.3 is 0 Å². The van der Waals surface area contributed by atoms with Gasteiger partial charge in [-0.2, -0.15) is 13.2 Å². The number of hydrogen-bond acceptors (Lipinski definition) is 3. The van der Waals surface area contributed by atoms with E-state index in [0.717, 1.165) is 24.3 Å². The van der Waals surface area contributed by atoms with Crippen molar-refractivity contribution in [2.75, 3.05) is 0 Å². The highest BCUT2D eigenvalue weighted by molar-refractivity contribution is 6.67. The van der Waals surface area contributed by atoms with Gasteiger partial charge in [0.15, 0.2) is 17.5 Å². The summed E-state index contributed by atoms with van der Waals surface area (Å²) in [6.07, 6.45) is -4.48. The predicted molar refractivity (Wildman–Crippen MR) is 88.7 cm³/mol. The molecule has 0 radical (unpaired) electrons. The summed E-state index contributed by atoms with van der Waals surface area (Å²) in [7, 11) is 0. The summed E-state index contributed by atoms with van der Waals surface area (Å²) < 4.78 is 33.8. The van der Waals surface area contributed by atoms with E-state index in [1.54, 1.807) is 0 Å². The predicted octanol–water partition coefficient (Wildman–Crippen LogP) is 6.21. The van der Waals surface area contributed by atoms with Crippen LogP contribution in [0.2, 0.25) is 0 Å². The van der Waals surface area contributed by atoms with Gasteiger partial charge in [0.2, 0.25) is 7.59 Å². The molecule has 2 aromatic rings. The Labute approximate surface area is 164 Å². The minimum atomic E-state index is -4.48. The van der Waals surface area contributed by atoms with E-state index in [1.807, 2.05) is 0 Å². The van der Waals surface area contributed by atoms with Gasteiger partial charge in [-0.15, -0.1) is 0 Å². The Kier molecular flexibility index (Phi) is 5.70. The summed E-state index contributed by atoms with van der Waals surface area (Å²) in [4.78, 5) is 11.6. The van der Waals surface area contributed by atoms with Gasteiger partial charge in [-0.05, 0) is 12.1 Å². The largest absolute Gasteiger partial charge is 0.416 e. The monoisotopic (exact) mass is 457 g/mol. The molecule has 0 aliphatic rings. The maximum absolute atomic E-state index is 12.6. The van der Waals surface area contributed by atoms with Crippen molar-refractivity contribution in [3.8, 4) is 11.4 Å². The third-order valence-corrected chi connectivity index (χ3v) is 3.63. The molecule has 130 valence electrons. The molecule has 24 heavy (non-hydrogen) atoms. The zero-order valence-corrected chi connectivity index (χ0v) is 15.6. The van der Waals surface area contributed by atoms with Crippen LogP contribution in [0.5, 0.6) is 0 Å². The second-order valence-electron chi connectivity index (χ2n) is 4.38. The van der Waals surface area contributed by atoms with Crippen molar-refractivity contribution < 1.29 is 13.2 Å². The molecular weight excluding hydrogens is 456 g/mol. The molecule has 12 heteroatoms. The van der Waals surface area contributed by atoms with E-state index >= 15 is 0 Å². The van der Waals surface area contributed by atoms with Crippen LogP contribution in [0, 0.1) is 0 Å². The first-order valence-electron chi connectivity index (χ1n) is 5.86. The Balaban J connectivity index is 2.57. The van der Waals surface area contributed by atoms with E-state index in [1.165, 1.54) is 0 Å². The van der Waals surface area contributed by atoms with Crippen LogP contribution >= 0.6 is 69.6 Å². The van der Waals surface area contributed by atoms with Gasteiger partial charge in [-0.25, -0.2) is 15.0 Å². The quantitative estimate of drug-likeness (QED) is 0.476. The van der Waals surface area contributed by atoms with E-state index in [9.17, 15) is 13.2 Å². The number of nitrogens with zero attached hydrogens (tertiary/aromatic N) is 3. The maximum Gasteiger partial charge on any atom is 0.416 e. The Morgan fingerprint density at radius 3 is 1.42 bits per heavy atom. The van der Waals surface area contributed by atoms with Crippen LogP contribution < -0.4 is 0 Å². The molecule has 0 unspecified atom stereocenters.